The van der Waals surface area contributed by atoms with Crippen molar-refractivity contribution < 1.29 is 9.90 Å². The Morgan fingerprint density at radius 2 is 2.10 bits per heavy atom. The maximum atomic E-state index is 11.5. The first-order chi connectivity index (χ1) is 10.0. The van der Waals surface area contributed by atoms with E-state index in [1.165, 1.54) is 0 Å². The molecule has 1 aliphatic rings. The molecule has 0 amide bonds. The van der Waals surface area contributed by atoms with E-state index in [0.717, 1.165) is 36.9 Å². The van der Waals surface area contributed by atoms with E-state index in [9.17, 15) is 15.2 Å². The zero-order valence-corrected chi connectivity index (χ0v) is 12.5. The first-order valence-electron chi connectivity index (χ1n) is 7.40. The van der Waals surface area contributed by atoms with Crippen LogP contribution in [-0.4, -0.2) is 22.1 Å². The highest BCUT2D eigenvalue weighted by Gasteiger charge is 2.30. The number of carboxylic acids is 1. The molecule has 1 aromatic heterocycles. The van der Waals surface area contributed by atoms with Gasteiger partial charge in [0.2, 0.25) is 0 Å². The summed E-state index contributed by atoms with van der Waals surface area (Å²) in [6, 6.07) is 3.87. The van der Waals surface area contributed by atoms with Gasteiger partial charge in [0.25, 0.3) is 0 Å². The molecule has 0 bridgehead atoms. The van der Waals surface area contributed by atoms with Crippen molar-refractivity contribution in [2.45, 2.75) is 52.0 Å². The van der Waals surface area contributed by atoms with Crippen molar-refractivity contribution in [2.75, 3.05) is 5.32 Å². The number of rotatable bonds is 3. The molecule has 0 saturated heterocycles. The minimum absolute atomic E-state index is 0.161. The SMILES string of the molecule is Cc1cc(C)c(C#N)c(NC2CCCCCC2C(=O)O)n1. The highest BCUT2D eigenvalue weighted by atomic mass is 16.4. The molecule has 2 rings (SSSR count). The number of carbonyl (C=O) groups is 1. The Kier molecular flexibility index (Phi) is 4.79. The zero-order chi connectivity index (χ0) is 15.4. The van der Waals surface area contributed by atoms with Gasteiger partial charge in [0, 0.05) is 11.7 Å². The van der Waals surface area contributed by atoms with Crippen molar-refractivity contribution >= 4 is 11.8 Å². The second-order valence-electron chi connectivity index (χ2n) is 5.75. The Morgan fingerprint density at radius 1 is 1.38 bits per heavy atom. The number of pyridine rings is 1. The van der Waals surface area contributed by atoms with Crippen LogP contribution < -0.4 is 5.32 Å². The van der Waals surface area contributed by atoms with Crippen molar-refractivity contribution in [3.63, 3.8) is 0 Å². The van der Waals surface area contributed by atoms with Gasteiger partial charge in [-0.1, -0.05) is 19.3 Å². The summed E-state index contributed by atoms with van der Waals surface area (Å²) < 4.78 is 0. The lowest BCUT2D eigenvalue weighted by Gasteiger charge is -2.24. The molecule has 1 heterocycles. The van der Waals surface area contributed by atoms with Gasteiger partial charge in [-0.05, 0) is 38.3 Å². The molecule has 1 saturated carbocycles. The second-order valence-corrected chi connectivity index (χ2v) is 5.75. The number of carboxylic acid groups (broad SMARTS) is 1. The van der Waals surface area contributed by atoms with E-state index in [2.05, 4.69) is 16.4 Å². The fraction of sp³-hybridized carbons (Fsp3) is 0.562. The smallest absolute Gasteiger partial charge is 0.308 e. The number of nitrogens with one attached hydrogen (secondary N) is 1. The van der Waals surface area contributed by atoms with Gasteiger partial charge in [-0.2, -0.15) is 5.26 Å². The summed E-state index contributed by atoms with van der Waals surface area (Å²) in [5.74, 6) is -0.660. The van der Waals surface area contributed by atoms with Crippen molar-refractivity contribution in [1.82, 2.24) is 4.98 Å². The molecule has 5 nitrogen and oxygen atoms in total. The summed E-state index contributed by atoms with van der Waals surface area (Å²) in [5, 5.41) is 22.0. The maximum Gasteiger partial charge on any atom is 0.308 e. The third-order valence-electron chi connectivity index (χ3n) is 4.11. The number of aryl methyl sites for hydroxylation is 2. The van der Waals surface area contributed by atoms with Gasteiger partial charge in [0.05, 0.1) is 11.5 Å². The van der Waals surface area contributed by atoms with E-state index in [1.54, 1.807) is 0 Å². The summed E-state index contributed by atoms with van der Waals surface area (Å²) in [6.07, 6.45) is 4.50. The van der Waals surface area contributed by atoms with Crippen LogP contribution in [0.15, 0.2) is 6.07 Å². The summed E-state index contributed by atoms with van der Waals surface area (Å²) >= 11 is 0. The Labute approximate surface area is 125 Å². The van der Waals surface area contributed by atoms with Gasteiger partial charge in [-0.25, -0.2) is 4.98 Å². The molecule has 21 heavy (non-hydrogen) atoms. The van der Waals surface area contributed by atoms with Crippen molar-refractivity contribution in [3.05, 3.63) is 22.9 Å². The van der Waals surface area contributed by atoms with Crippen LogP contribution in [0.5, 0.6) is 0 Å². The fourth-order valence-corrected chi connectivity index (χ4v) is 3.03. The third kappa shape index (κ3) is 3.52. The molecule has 2 unspecified atom stereocenters. The van der Waals surface area contributed by atoms with E-state index in [1.807, 2.05) is 19.9 Å². The monoisotopic (exact) mass is 287 g/mol. The van der Waals surface area contributed by atoms with E-state index in [4.69, 9.17) is 0 Å². The topological polar surface area (TPSA) is 86.0 Å². The predicted octanol–water partition coefficient (Wildman–Crippen LogP) is 3.02. The molecule has 0 aromatic carbocycles. The van der Waals surface area contributed by atoms with E-state index >= 15 is 0 Å². The van der Waals surface area contributed by atoms with Crippen LogP contribution in [0.1, 0.15) is 48.9 Å². The maximum absolute atomic E-state index is 11.5. The highest BCUT2D eigenvalue weighted by molar-refractivity contribution is 5.72. The van der Waals surface area contributed by atoms with Gasteiger partial charge in [-0.15, -0.1) is 0 Å². The lowest BCUT2D eigenvalue weighted by molar-refractivity contribution is -0.142. The van der Waals surface area contributed by atoms with Crippen molar-refractivity contribution in [3.8, 4) is 6.07 Å². The average molecular weight is 287 g/mol. The first-order valence-corrected chi connectivity index (χ1v) is 7.40. The van der Waals surface area contributed by atoms with Gasteiger partial charge in [-0.3, -0.25) is 4.79 Å². The number of hydrogen-bond donors (Lipinski definition) is 2. The normalized spacial score (nSPS) is 22.1. The van der Waals surface area contributed by atoms with Crippen LogP contribution >= 0.6 is 0 Å². The molecular formula is C16H21N3O2. The molecule has 0 aliphatic heterocycles. The molecule has 1 aliphatic carbocycles. The number of nitriles is 1. The Bertz CT molecular complexity index is 578. The Balaban J connectivity index is 2.31. The molecule has 2 N–H and O–H groups in total. The highest BCUT2D eigenvalue weighted by Crippen LogP contribution is 2.28. The summed E-state index contributed by atoms with van der Waals surface area (Å²) in [4.78, 5) is 15.9. The molecule has 2 atom stereocenters. The second kappa shape index (κ2) is 6.57. The lowest BCUT2D eigenvalue weighted by Crippen LogP contribution is -2.34. The minimum Gasteiger partial charge on any atom is -0.481 e. The van der Waals surface area contributed by atoms with Crippen LogP contribution in [0.3, 0.4) is 0 Å². The zero-order valence-electron chi connectivity index (χ0n) is 12.5. The third-order valence-corrected chi connectivity index (χ3v) is 4.11. The molecule has 0 spiro atoms. The number of aromatic nitrogens is 1. The Morgan fingerprint density at radius 3 is 2.76 bits per heavy atom. The number of anilines is 1. The van der Waals surface area contributed by atoms with Crippen LogP contribution in [0.25, 0.3) is 0 Å². The standard InChI is InChI=1S/C16H21N3O2/c1-10-8-11(2)18-15(13(10)9-17)19-14-7-5-3-4-6-12(14)16(20)21/h8,12,14H,3-7H2,1-2H3,(H,18,19)(H,20,21). The van der Waals surface area contributed by atoms with Crippen molar-refractivity contribution in [1.29, 1.82) is 5.26 Å². The molecule has 5 heteroatoms. The van der Waals surface area contributed by atoms with Crippen molar-refractivity contribution in [2.24, 2.45) is 5.92 Å². The predicted molar refractivity (Wildman–Crippen MR) is 80.0 cm³/mol. The number of aliphatic carboxylic acids is 1. The van der Waals surface area contributed by atoms with Gasteiger partial charge in [0.15, 0.2) is 0 Å². The van der Waals surface area contributed by atoms with Gasteiger partial charge >= 0.3 is 5.97 Å². The van der Waals surface area contributed by atoms with Crippen LogP contribution in [0, 0.1) is 31.1 Å². The molecule has 1 aromatic rings. The van der Waals surface area contributed by atoms with Gasteiger partial charge in [0.1, 0.15) is 11.9 Å². The van der Waals surface area contributed by atoms with E-state index < -0.39 is 11.9 Å². The van der Waals surface area contributed by atoms with Crippen LogP contribution in [0.4, 0.5) is 5.82 Å². The average Bonchev–Trinajstić information content (AvgIpc) is 2.63. The minimum atomic E-state index is -0.766. The van der Waals surface area contributed by atoms with Gasteiger partial charge < -0.3 is 10.4 Å². The molecular weight excluding hydrogens is 266 g/mol. The number of hydrogen-bond acceptors (Lipinski definition) is 4. The molecule has 0 radical (unpaired) electrons. The van der Waals surface area contributed by atoms with E-state index in [-0.39, 0.29) is 6.04 Å². The summed E-state index contributed by atoms with van der Waals surface area (Å²) in [7, 11) is 0. The fourth-order valence-electron chi connectivity index (χ4n) is 3.03. The van der Waals surface area contributed by atoms with Crippen LogP contribution in [0.2, 0.25) is 0 Å². The summed E-state index contributed by atoms with van der Waals surface area (Å²) in [5.41, 5.74) is 2.21. The quantitative estimate of drug-likeness (QED) is 0.834. The first kappa shape index (κ1) is 15.3. The van der Waals surface area contributed by atoms with Crippen LogP contribution in [-0.2, 0) is 4.79 Å². The largest absolute Gasteiger partial charge is 0.481 e. The Hall–Kier alpha value is -2.09. The van der Waals surface area contributed by atoms with E-state index in [0.29, 0.717) is 17.8 Å². The lowest BCUT2D eigenvalue weighted by atomic mass is 9.94. The molecule has 112 valence electrons. The summed E-state index contributed by atoms with van der Waals surface area (Å²) in [6.45, 7) is 3.75. The number of nitrogens with zero attached hydrogens (tertiary/aromatic N) is 2. The molecule has 1 fully saturated rings.